The van der Waals surface area contributed by atoms with Crippen LogP contribution in [0.4, 0.5) is 0 Å². The molecular weight excluding hydrogens is 393 g/mol. The summed E-state index contributed by atoms with van der Waals surface area (Å²) in [6.45, 7) is 0. The molecule has 0 fully saturated rings. The Morgan fingerprint density at radius 2 is 0.783 bits per heavy atom. The summed E-state index contributed by atoms with van der Waals surface area (Å²) in [5, 5.41) is 2.62. The van der Waals surface area contributed by atoms with E-state index in [1.54, 1.807) is 0 Å². The van der Waals surface area contributed by atoms with Gasteiger partial charge in [0.25, 0.3) is 0 Å². The Morgan fingerprint density at radius 3 is 1.00 bits per heavy atom. The fourth-order valence-electron chi connectivity index (χ4n) is 2.36. The van der Waals surface area contributed by atoms with E-state index in [1.165, 1.54) is 0 Å². The Kier molecular flexibility index (Phi) is 7.41. The van der Waals surface area contributed by atoms with E-state index in [9.17, 15) is 4.57 Å². The van der Waals surface area contributed by atoms with Crippen LogP contribution in [0.1, 0.15) is 0 Å². The van der Waals surface area contributed by atoms with Gasteiger partial charge in [0.15, 0.2) is 7.14 Å². The van der Waals surface area contributed by atoms with Crippen LogP contribution in [0.25, 0.3) is 0 Å². The van der Waals surface area contributed by atoms with Crippen molar-refractivity contribution in [2.75, 3.05) is 0 Å². The molecule has 0 saturated carbocycles. The van der Waals surface area contributed by atoms with Gasteiger partial charge in [-0.05, 0) is 0 Å². The molecule has 1 nitrogen and oxygen atoms in total. The summed E-state index contributed by atoms with van der Waals surface area (Å²) in [4.78, 5) is 0. The Balaban J connectivity index is 0.000000595. The molecule has 0 bridgehead atoms. The third-order valence-electron chi connectivity index (χ3n) is 3.36. The van der Waals surface area contributed by atoms with Gasteiger partial charge in [0, 0.05) is 15.9 Å². The molecule has 0 amide bonds. The number of benzene rings is 3. The minimum atomic E-state index is -2.78. The predicted molar refractivity (Wildman–Crippen MR) is 97.5 cm³/mol. The zero-order valence-electron chi connectivity index (χ0n) is 12.1. The summed E-state index contributed by atoms with van der Waals surface area (Å²) >= 11 is 0.569. The van der Waals surface area contributed by atoms with Gasteiger partial charge in [-0.3, -0.25) is 0 Å². The summed E-state index contributed by atoms with van der Waals surface area (Å²) in [5.41, 5.74) is 0. The first-order valence-electron chi connectivity index (χ1n) is 6.82. The van der Waals surface area contributed by atoms with E-state index in [0.29, 0.717) is 12.7 Å². The van der Waals surface area contributed by atoms with Crippen molar-refractivity contribution in [2.45, 2.75) is 0 Å². The Hall–Kier alpha value is -1.04. The summed E-state index contributed by atoms with van der Waals surface area (Å²) < 4.78 is 13.8. The van der Waals surface area contributed by atoms with Crippen molar-refractivity contribution in [3.05, 3.63) is 91.0 Å². The fraction of sp³-hybridized carbons (Fsp3) is 0. The van der Waals surface area contributed by atoms with Gasteiger partial charge in [0.05, 0.1) is 0 Å². The van der Waals surface area contributed by atoms with Gasteiger partial charge in [-0.2, -0.15) is 0 Å². The van der Waals surface area contributed by atoms with Gasteiger partial charge in [0.1, 0.15) is 0 Å². The van der Waals surface area contributed by atoms with Gasteiger partial charge in [-0.1, -0.05) is 91.0 Å². The van der Waals surface area contributed by atoms with Crippen molar-refractivity contribution in [1.82, 2.24) is 0 Å². The Labute approximate surface area is 151 Å². The number of rotatable bonds is 3. The molecule has 0 unspecified atom stereocenters. The van der Waals surface area contributed by atoms with Crippen LogP contribution in [0.3, 0.4) is 0 Å². The van der Waals surface area contributed by atoms with Gasteiger partial charge in [0.2, 0.25) is 0 Å². The van der Waals surface area contributed by atoms with Crippen molar-refractivity contribution in [3.8, 4) is 0 Å². The van der Waals surface area contributed by atoms with Gasteiger partial charge in [-0.25, -0.2) is 0 Å². The van der Waals surface area contributed by atoms with E-state index in [0.717, 1.165) is 15.9 Å². The van der Waals surface area contributed by atoms with Gasteiger partial charge < -0.3 is 4.57 Å². The van der Waals surface area contributed by atoms with Crippen molar-refractivity contribution < 1.29 is 17.2 Å². The second-order valence-corrected chi connectivity index (χ2v) is 9.06. The molecule has 0 aliphatic rings. The minimum absolute atomic E-state index is 0.569. The second kappa shape index (κ2) is 9.31. The van der Waals surface area contributed by atoms with E-state index in [1.807, 2.05) is 91.0 Å². The molecule has 0 aliphatic heterocycles. The van der Waals surface area contributed by atoms with E-state index in [4.69, 9.17) is 20.4 Å². The third-order valence-corrected chi connectivity index (χ3v) is 6.44. The van der Waals surface area contributed by atoms with Crippen LogP contribution in [-0.2, 0) is 17.2 Å². The fourth-order valence-corrected chi connectivity index (χ4v) is 5.03. The monoisotopic (exact) mass is 406 g/mol. The third kappa shape index (κ3) is 4.49. The number of hydrogen-bond donors (Lipinski definition) is 0. The van der Waals surface area contributed by atoms with Crippen LogP contribution in [0, 0.1) is 0 Å². The van der Waals surface area contributed by atoms with Crippen LogP contribution in [0.5, 0.6) is 0 Å². The maximum atomic E-state index is 13.8. The normalized spacial score (nSPS) is 10.7. The van der Waals surface area contributed by atoms with Crippen molar-refractivity contribution >= 4 is 43.4 Å². The molecule has 23 heavy (non-hydrogen) atoms. The van der Waals surface area contributed by atoms with Crippen LogP contribution < -0.4 is 15.9 Å². The van der Waals surface area contributed by atoms with Gasteiger partial charge >= 0.3 is 33.0 Å². The Morgan fingerprint density at radius 1 is 0.565 bits per heavy atom. The summed E-state index contributed by atoms with van der Waals surface area (Å²) in [5.74, 6) is 0. The topological polar surface area (TPSA) is 17.1 Å². The standard InChI is InChI=1S/C18H15OP.2ClH.Ni/c19-20(16-10-4-1-5-11-16,17-12-6-2-7-13-17)18-14-8-3-9-15-18;;;/h1-15H;2*1H;/q;;;+2/p-2. The SMILES string of the molecule is O=P(c1ccccc1)(c1ccccc1)c1ccccc1.[Cl][Ni][Cl]. The molecule has 3 rings (SSSR count). The summed E-state index contributed by atoms with van der Waals surface area (Å²) in [7, 11) is 6.63. The zero-order chi connectivity index (χ0) is 16.5. The molecular formula is C18H15Cl2NiOP. The molecule has 122 valence electrons. The summed E-state index contributed by atoms with van der Waals surface area (Å²) in [6.07, 6.45) is 0. The van der Waals surface area contributed by atoms with E-state index in [-0.39, 0.29) is 0 Å². The first kappa shape index (κ1) is 18.3. The van der Waals surface area contributed by atoms with Crippen molar-refractivity contribution in [1.29, 1.82) is 0 Å². The maximum absolute atomic E-state index is 13.8. The first-order chi connectivity index (χ1) is 11.2. The first-order valence-corrected chi connectivity index (χ1v) is 11.2. The molecule has 0 heterocycles. The molecule has 0 radical (unpaired) electrons. The molecule has 3 aromatic carbocycles. The molecule has 0 aromatic heterocycles. The molecule has 0 atom stereocenters. The van der Waals surface area contributed by atoms with Crippen LogP contribution in [0.15, 0.2) is 91.0 Å². The summed E-state index contributed by atoms with van der Waals surface area (Å²) in [6, 6.07) is 29.1. The van der Waals surface area contributed by atoms with Crippen molar-refractivity contribution in [3.63, 3.8) is 0 Å². The van der Waals surface area contributed by atoms with E-state index in [2.05, 4.69) is 0 Å². The molecule has 3 aromatic rings. The Bertz CT molecular complexity index is 648. The quantitative estimate of drug-likeness (QED) is 0.454. The molecule has 0 N–H and O–H groups in total. The zero-order valence-corrected chi connectivity index (χ0v) is 15.5. The van der Waals surface area contributed by atoms with Crippen molar-refractivity contribution in [2.24, 2.45) is 0 Å². The predicted octanol–water partition coefficient (Wildman–Crippen LogP) is 4.70. The van der Waals surface area contributed by atoms with Crippen LogP contribution in [-0.4, -0.2) is 0 Å². The van der Waals surface area contributed by atoms with Crippen LogP contribution in [0.2, 0.25) is 0 Å². The number of hydrogen-bond acceptors (Lipinski definition) is 1. The van der Waals surface area contributed by atoms with E-state index >= 15 is 0 Å². The average molecular weight is 408 g/mol. The number of halogens is 2. The molecule has 0 aliphatic carbocycles. The van der Waals surface area contributed by atoms with Crippen LogP contribution >= 0.6 is 27.5 Å². The molecule has 5 heteroatoms. The van der Waals surface area contributed by atoms with Gasteiger partial charge in [-0.15, -0.1) is 0 Å². The average Bonchev–Trinajstić information content (AvgIpc) is 2.64. The second-order valence-electron chi connectivity index (χ2n) is 4.66. The van der Waals surface area contributed by atoms with E-state index < -0.39 is 7.14 Å². The molecule has 0 spiro atoms. The molecule has 0 saturated heterocycles.